The lowest BCUT2D eigenvalue weighted by atomic mass is 10.0. The standard InChI is InChI=1S/C25H22N2O4S/c1-16-22(24(29)31-3)20(14-11-17-7-5-4-6-8-17)27-23(28)21(32-25(27)26-16)15-18-9-12-19(30-2)13-10-18/h4-15,20H,1-3H3/b14-11+,21-15-/t20-/m0/s1. The Bertz CT molecular complexity index is 1380. The van der Waals surface area contributed by atoms with Crippen LogP contribution in [0.4, 0.5) is 0 Å². The van der Waals surface area contributed by atoms with Gasteiger partial charge in [-0.15, -0.1) is 0 Å². The molecule has 2 heterocycles. The summed E-state index contributed by atoms with van der Waals surface area (Å²) in [6.45, 7) is 1.76. The number of benzene rings is 2. The highest BCUT2D eigenvalue weighted by atomic mass is 32.1. The van der Waals surface area contributed by atoms with Crippen molar-refractivity contribution in [2.75, 3.05) is 14.2 Å². The predicted molar refractivity (Wildman–Crippen MR) is 125 cm³/mol. The highest BCUT2D eigenvalue weighted by Crippen LogP contribution is 2.26. The normalized spacial score (nSPS) is 16.1. The molecule has 0 amide bonds. The van der Waals surface area contributed by atoms with Crippen molar-refractivity contribution in [2.45, 2.75) is 13.0 Å². The van der Waals surface area contributed by atoms with Crippen LogP contribution in [0.25, 0.3) is 12.2 Å². The second kappa shape index (κ2) is 9.20. The van der Waals surface area contributed by atoms with Gasteiger partial charge < -0.3 is 9.47 Å². The number of fused-ring (bicyclic) bond motifs is 1. The molecule has 1 aliphatic rings. The smallest absolute Gasteiger partial charge is 0.338 e. The maximum absolute atomic E-state index is 13.4. The molecule has 0 unspecified atom stereocenters. The van der Waals surface area contributed by atoms with Crippen molar-refractivity contribution in [3.8, 4) is 5.75 Å². The van der Waals surface area contributed by atoms with E-state index < -0.39 is 12.0 Å². The quantitative estimate of drug-likeness (QED) is 0.565. The molecule has 4 rings (SSSR count). The van der Waals surface area contributed by atoms with E-state index >= 15 is 0 Å². The van der Waals surface area contributed by atoms with Crippen molar-refractivity contribution in [1.29, 1.82) is 0 Å². The second-order valence-corrected chi connectivity index (χ2v) is 8.17. The minimum Gasteiger partial charge on any atom is -0.497 e. The summed E-state index contributed by atoms with van der Waals surface area (Å²) in [6.07, 6.45) is 5.56. The van der Waals surface area contributed by atoms with Crippen LogP contribution < -0.4 is 19.6 Å². The molecule has 0 bridgehead atoms. The van der Waals surface area contributed by atoms with E-state index in [4.69, 9.17) is 9.47 Å². The third-order valence-electron chi connectivity index (χ3n) is 5.15. The Morgan fingerprint density at radius 2 is 1.78 bits per heavy atom. The van der Waals surface area contributed by atoms with E-state index in [-0.39, 0.29) is 5.56 Å². The maximum atomic E-state index is 13.4. The molecular weight excluding hydrogens is 424 g/mol. The molecule has 0 fully saturated rings. The van der Waals surface area contributed by atoms with E-state index in [1.54, 1.807) is 18.6 Å². The number of nitrogens with zero attached hydrogens (tertiary/aromatic N) is 2. The lowest BCUT2D eigenvalue weighted by molar-refractivity contribution is -0.136. The van der Waals surface area contributed by atoms with Crippen molar-refractivity contribution in [2.24, 2.45) is 4.99 Å². The van der Waals surface area contributed by atoms with Crippen molar-refractivity contribution >= 4 is 29.5 Å². The zero-order valence-corrected chi connectivity index (χ0v) is 18.8. The van der Waals surface area contributed by atoms with Gasteiger partial charge >= 0.3 is 5.97 Å². The number of esters is 1. The Morgan fingerprint density at radius 3 is 2.44 bits per heavy atom. The summed E-state index contributed by atoms with van der Waals surface area (Å²) in [4.78, 5) is 31.0. The molecule has 0 N–H and O–H groups in total. The fourth-order valence-corrected chi connectivity index (χ4v) is 4.59. The zero-order valence-electron chi connectivity index (χ0n) is 17.9. The molecule has 3 aromatic rings. The Kier molecular flexibility index (Phi) is 6.18. The van der Waals surface area contributed by atoms with Gasteiger partial charge in [-0.3, -0.25) is 9.36 Å². The van der Waals surface area contributed by atoms with E-state index in [9.17, 15) is 9.59 Å². The Labute approximate surface area is 189 Å². The molecule has 0 spiro atoms. The molecule has 0 saturated carbocycles. The van der Waals surface area contributed by atoms with Gasteiger partial charge in [0.1, 0.15) is 5.75 Å². The van der Waals surface area contributed by atoms with Crippen LogP contribution in [0.2, 0.25) is 0 Å². The zero-order chi connectivity index (χ0) is 22.7. The van der Waals surface area contributed by atoms with Gasteiger partial charge in [0.25, 0.3) is 5.56 Å². The lowest BCUT2D eigenvalue weighted by Gasteiger charge is -2.21. The van der Waals surface area contributed by atoms with Crippen LogP contribution in [-0.2, 0) is 9.53 Å². The van der Waals surface area contributed by atoms with Gasteiger partial charge in [-0.2, -0.15) is 0 Å². The monoisotopic (exact) mass is 446 g/mol. The molecular formula is C25H22N2O4S. The first-order chi connectivity index (χ1) is 15.5. The van der Waals surface area contributed by atoms with Gasteiger partial charge in [0, 0.05) is 0 Å². The van der Waals surface area contributed by atoms with Gasteiger partial charge in [-0.1, -0.05) is 66.0 Å². The molecule has 7 heteroatoms. The van der Waals surface area contributed by atoms with E-state index in [0.29, 0.717) is 20.6 Å². The van der Waals surface area contributed by atoms with Gasteiger partial charge in [0.05, 0.1) is 36.1 Å². The van der Waals surface area contributed by atoms with Gasteiger partial charge in [-0.25, -0.2) is 9.79 Å². The van der Waals surface area contributed by atoms with Crippen molar-refractivity contribution in [1.82, 2.24) is 4.57 Å². The fraction of sp³-hybridized carbons (Fsp3) is 0.160. The van der Waals surface area contributed by atoms with E-state index in [2.05, 4.69) is 4.99 Å². The van der Waals surface area contributed by atoms with Crippen molar-refractivity contribution < 1.29 is 14.3 Å². The highest BCUT2D eigenvalue weighted by molar-refractivity contribution is 7.07. The lowest BCUT2D eigenvalue weighted by Crippen LogP contribution is -2.38. The Morgan fingerprint density at radius 1 is 1.06 bits per heavy atom. The molecule has 162 valence electrons. The molecule has 32 heavy (non-hydrogen) atoms. The molecule has 1 aromatic heterocycles. The topological polar surface area (TPSA) is 69.9 Å². The Hall–Kier alpha value is -3.71. The van der Waals surface area contributed by atoms with Gasteiger partial charge in [0.2, 0.25) is 0 Å². The highest BCUT2D eigenvalue weighted by Gasteiger charge is 2.30. The first-order valence-corrected chi connectivity index (χ1v) is 10.8. The minimum atomic E-state index is -0.614. The number of methoxy groups -OCH3 is 2. The number of carbonyl (C=O) groups is 1. The van der Waals surface area contributed by atoms with Crippen molar-refractivity contribution in [3.63, 3.8) is 0 Å². The van der Waals surface area contributed by atoms with Crippen LogP contribution in [0, 0.1) is 0 Å². The minimum absolute atomic E-state index is 0.207. The molecule has 6 nitrogen and oxygen atoms in total. The molecule has 0 saturated heterocycles. The number of hydrogen-bond donors (Lipinski definition) is 0. The number of ether oxygens (including phenoxy) is 2. The number of allylic oxidation sites excluding steroid dienone is 2. The third-order valence-corrected chi connectivity index (χ3v) is 6.14. The molecule has 1 atom stereocenters. The van der Waals surface area contributed by atoms with E-state index in [1.165, 1.54) is 18.4 Å². The average Bonchev–Trinajstić information content (AvgIpc) is 3.12. The molecule has 2 aromatic carbocycles. The van der Waals surface area contributed by atoms with Gasteiger partial charge in [-0.05, 0) is 36.3 Å². The number of carbonyl (C=O) groups excluding carboxylic acids is 1. The fourth-order valence-electron chi connectivity index (χ4n) is 3.54. The summed E-state index contributed by atoms with van der Waals surface area (Å²) >= 11 is 1.29. The molecule has 0 aliphatic carbocycles. The summed E-state index contributed by atoms with van der Waals surface area (Å²) in [5.74, 6) is 0.242. The van der Waals surface area contributed by atoms with Gasteiger partial charge in [0.15, 0.2) is 4.80 Å². The number of aromatic nitrogens is 1. The van der Waals surface area contributed by atoms with E-state index in [0.717, 1.165) is 16.9 Å². The summed E-state index contributed by atoms with van der Waals surface area (Å²) in [5, 5.41) is 0. The van der Waals surface area contributed by atoms with Crippen LogP contribution in [0.5, 0.6) is 5.75 Å². The summed E-state index contributed by atoms with van der Waals surface area (Å²) < 4.78 is 12.3. The third kappa shape index (κ3) is 4.20. The largest absolute Gasteiger partial charge is 0.497 e. The predicted octanol–water partition coefficient (Wildman–Crippen LogP) is 3.08. The van der Waals surface area contributed by atoms with Crippen LogP contribution in [0.15, 0.2) is 81.7 Å². The van der Waals surface area contributed by atoms with Crippen molar-refractivity contribution in [3.05, 3.63) is 103 Å². The Balaban J connectivity index is 1.85. The molecule has 0 radical (unpaired) electrons. The maximum Gasteiger partial charge on any atom is 0.338 e. The summed E-state index contributed by atoms with van der Waals surface area (Å²) in [5.41, 5.74) is 2.52. The first-order valence-electron chi connectivity index (χ1n) is 10.00. The van der Waals surface area contributed by atoms with Crippen LogP contribution in [-0.4, -0.2) is 24.8 Å². The SMILES string of the molecule is COC(=O)C1=C(C)N=c2s/c(=C\c3ccc(OC)cc3)c(=O)n2[C@H]1/C=C/c1ccccc1. The number of hydrogen-bond acceptors (Lipinski definition) is 6. The van der Waals surface area contributed by atoms with Crippen LogP contribution in [0.3, 0.4) is 0 Å². The first kappa shape index (κ1) is 21.5. The number of thiazole rings is 1. The summed E-state index contributed by atoms with van der Waals surface area (Å²) in [7, 11) is 2.94. The van der Waals surface area contributed by atoms with E-state index in [1.807, 2.05) is 72.8 Å². The van der Waals surface area contributed by atoms with Crippen LogP contribution >= 0.6 is 11.3 Å². The average molecular weight is 447 g/mol. The van der Waals surface area contributed by atoms with Crippen LogP contribution in [0.1, 0.15) is 24.1 Å². The summed E-state index contributed by atoms with van der Waals surface area (Å²) in [6, 6.07) is 16.5. The second-order valence-electron chi connectivity index (χ2n) is 7.16. The number of rotatable bonds is 5. The molecule has 1 aliphatic heterocycles.